The maximum atomic E-state index is 11.9. The SMILES string of the molecule is O=C(NNC1=NCCCCC1)c1ccccc1Cl. The smallest absolute Gasteiger partial charge is 0.271 e. The number of benzene rings is 1. The number of rotatable bonds is 1. The van der Waals surface area contributed by atoms with Crippen molar-refractivity contribution in [1.29, 1.82) is 0 Å². The Bertz CT molecular complexity index is 459. The van der Waals surface area contributed by atoms with Gasteiger partial charge in [0.1, 0.15) is 5.84 Å². The van der Waals surface area contributed by atoms with Gasteiger partial charge in [0, 0.05) is 13.0 Å². The fourth-order valence-corrected chi connectivity index (χ4v) is 2.04. The minimum Gasteiger partial charge on any atom is -0.285 e. The molecule has 1 aromatic rings. The van der Waals surface area contributed by atoms with E-state index in [1.54, 1.807) is 24.3 Å². The third-order valence-electron chi connectivity index (χ3n) is 2.81. The first kappa shape index (κ1) is 12.9. The molecule has 2 N–H and O–H groups in total. The summed E-state index contributed by atoms with van der Waals surface area (Å²) >= 11 is 5.95. The summed E-state index contributed by atoms with van der Waals surface area (Å²) in [4.78, 5) is 16.3. The van der Waals surface area contributed by atoms with Crippen molar-refractivity contribution in [1.82, 2.24) is 10.9 Å². The molecule has 4 nitrogen and oxygen atoms in total. The van der Waals surface area contributed by atoms with Crippen molar-refractivity contribution < 1.29 is 4.79 Å². The zero-order valence-electron chi connectivity index (χ0n) is 10.1. The van der Waals surface area contributed by atoms with Gasteiger partial charge in [0.25, 0.3) is 5.91 Å². The second-order valence-corrected chi connectivity index (χ2v) is 4.61. The lowest BCUT2D eigenvalue weighted by Crippen LogP contribution is -2.41. The minimum absolute atomic E-state index is 0.243. The predicted molar refractivity (Wildman–Crippen MR) is 72.8 cm³/mol. The van der Waals surface area contributed by atoms with Crippen molar-refractivity contribution in [3.63, 3.8) is 0 Å². The van der Waals surface area contributed by atoms with Crippen molar-refractivity contribution >= 4 is 23.3 Å². The van der Waals surface area contributed by atoms with Gasteiger partial charge in [-0.15, -0.1) is 0 Å². The van der Waals surface area contributed by atoms with Crippen LogP contribution in [0, 0.1) is 0 Å². The molecule has 0 saturated heterocycles. The molecule has 18 heavy (non-hydrogen) atoms. The van der Waals surface area contributed by atoms with E-state index in [9.17, 15) is 4.79 Å². The van der Waals surface area contributed by atoms with Gasteiger partial charge >= 0.3 is 0 Å². The molecule has 0 atom stereocenters. The van der Waals surface area contributed by atoms with Crippen LogP contribution in [-0.2, 0) is 0 Å². The molecule has 0 aromatic heterocycles. The van der Waals surface area contributed by atoms with E-state index in [1.807, 2.05) is 0 Å². The maximum Gasteiger partial charge on any atom is 0.271 e. The summed E-state index contributed by atoms with van der Waals surface area (Å²) in [6.07, 6.45) is 4.29. The summed E-state index contributed by atoms with van der Waals surface area (Å²) < 4.78 is 0. The first-order valence-electron chi connectivity index (χ1n) is 6.11. The van der Waals surface area contributed by atoms with Gasteiger partial charge < -0.3 is 0 Å². The molecule has 5 heteroatoms. The number of amidine groups is 1. The number of carbonyl (C=O) groups is 1. The molecule has 0 spiro atoms. The summed E-state index contributed by atoms with van der Waals surface area (Å²) in [5.41, 5.74) is 5.97. The van der Waals surface area contributed by atoms with Crippen LogP contribution < -0.4 is 10.9 Å². The summed E-state index contributed by atoms with van der Waals surface area (Å²) in [7, 11) is 0. The Morgan fingerprint density at radius 1 is 1.22 bits per heavy atom. The van der Waals surface area contributed by atoms with Gasteiger partial charge in [0.2, 0.25) is 0 Å². The van der Waals surface area contributed by atoms with Crippen LogP contribution >= 0.6 is 11.6 Å². The summed E-state index contributed by atoms with van der Waals surface area (Å²) in [5.74, 6) is 0.598. The highest BCUT2D eigenvalue weighted by Crippen LogP contribution is 2.14. The molecule has 96 valence electrons. The Kier molecular flexibility index (Phi) is 4.59. The average Bonchev–Trinajstić information content (AvgIpc) is 2.65. The number of halogens is 1. The van der Waals surface area contributed by atoms with Crippen LogP contribution in [0.2, 0.25) is 5.02 Å². The van der Waals surface area contributed by atoms with E-state index >= 15 is 0 Å². The molecular formula is C13H16ClN3O. The number of nitrogens with one attached hydrogen (secondary N) is 2. The number of amides is 1. The van der Waals surface area contributed by atoms with E-state index in [0.29, 0.717) is 10.6 Å². The number of hydrogen-bond acceptors (Lipinski definition) is 3. The summed E-state index contributed by atoms with van der Waals surface area (Å²) in [6.45, 7) is 0.824. The van der Waals surface area contributed by atoms with E-state index in [-0.39, 0.29) is 5.91 Å². The monoisotopic (exact) mass is 265 g/mol. The van der Waals surface area contributed by atoms with Gasteiger partial charge in [-0.2, -0.15) is 0 Å². The van der Waals surface area contributed by atoms with Crippen LogP contribution in [0.1, 0.15) is 36.0 Å². The Hall–Kier alpha value is -1.55. The average molecular weight is 266 g/mol. The zero-order chi connectivity index (χ0) is 12.8. The Morgan fingerprint density at radius 3 is 2.89 bits per heavy atom. The van der Waals surface area contributed by atoms with Crippen molar-refractivity contribution in [2.75, 3.05) is 6.54 Å². The third kappa shape index (κ3) is 3.47. The van der Waals surface area contributed by atoms with Gasteiger partial charge in [-0.25, -0.2) is 0 Å². The quantitative estimate of drug-likeness (QED) is 0.767. The van der Waals surface area contributed by atoms with Gasteiger partial charge in [0.15, 0.2) is 0 Å². The highest BCUT2D eigenvalue weighted by atomic mass is 35.5. The standard InChI is InChI=1S/C13H16ClN3O/c14-11-7-4-3-6-10(11)13(18)17-16-12-8-2-1-5-9-15-12/h3-4,6-7H,1-2,5,8-9H2,(H,15,16)(H,17,18). The number of aliphatic imine (C=N–C) groups is 1. The first-order chi connectivity index (χ1) is 8.77. The molecule has 0 unspecified atom stereocenters. The van der Waals surface area contributed by atoms with Crippen molar-refractivity contribution in [3.05, 3.63) is 34.9 Å². The number of hydrogen-bond donors (Lipinski definition) is 2. The molecule has 0 fully saturated rings. The topological polar surface area (TPSA) is 53.5 Å². The van der Waals surface area contributed by atoms with E-state index in [4.69, 9.17) is 11.6 Å². The van der Waals surface area contributed by atoms with E-state index in [0.717, 1.165) is 31.6 Å². The molecule has 1 aliphatic heterocycles. The fourth-order valence-electron chi connectivity index (χ4n) is 1.82. The van der Waals surface area contributed by atoms with Crippen LogP contribution in [0.3, 0.4) is 0 Å². The van der Waals surface area contributed by atoms with E-state index in [2.05, 4.69) is 15.8 Å². The highest BCUT2D eigenvalue weighted by Gasteiger charge is 2.10. The maximum absolute atomic E-state index is 11.9. The third-order valence-corrected chi connectivity index (χ3v) is 3.14. The molecule has 0 aliphatic carbocycles. The second-order valence-electron chi connectivity index (χ2n) is 4.20. The van der Waals surface area contributed by atoms with Crippen LogP contribution in [0.5, 0.6) is 0 Å². The largest absolute Gasteiger partial charge is 0.285 e. The molecular weight excluding hydrogens is 250 g/mol. The van der Waals surface area contributed by atoms with Crippen molar-refractivity contribution in [2.45, 2.75) is 25.7 Å². The molecule has 1 heterocycles. The molecule has 0 saturated carbocycles. The zero-order valence-corrected chi connectivity index (χ0v) is 10.8. The molecule has 2 rings (SSSR count). The number of hydrazine groups is 1. The van der Waals surface area contributed by atoms with Gasteiger partial charge in [-0.1, -0.05) is 30.2 Å². The molecule has 0 bridgehead atoms. The van der Waals surface area contributed by atoms with Crippen molar-refractivity contribution in [3.8, 4) is 0 Å². The molecule has 1 amide bonds. The van der Waals surface area contributed by atoms with Crippen LogP contribution in [0.4, 0.5) is 0 Å². The minimum atomic E-state index is -0.243. The van der Waals surface area contributed by atoms with Crippen LogP contribution in [0.25, 0.3) is 0 Å². The Balaban J connectivity index is 1.92. The lowest BCUT2D eigenvalue weighted by atomic mass is 10.2. The Morgan fingerprint density at radius 2 is 2.06 bits per heavy atom. The van der Waals surface area contributed by atoms with E-state index in [1.165, 1.54) is 6.42 Å². The lowest BCUT2D eigenvalue weighted by molar-refractivity contribution is 0.0943. The normalized spacial score (nSPS) is 15.5. The fraction of sp³-hybridized carbons (Fsp3) is 0.385. The van der Waals surface area contributed by atoms with Gasteiger partial charge in [0.05, 0.1) is 10.6 Å². The molecule has 0 radical (unpaired) electrons. The summed E-state index contributed by atoms with van der Waals surface area (Å²) in [6, 6.07) is 6.96. The summed E-state index contributed by atoms with van der Waals surface area (Å²) in [5, 5.41) is 0.444. The van der Waals surface area contributed by atoms with Crippen LogP contribution in [0.15, 0.2) is 29.3 Å². The number of nitrogens with zero attached hydrogens (tertiary/aromatic N) is 1. The Labute approximate surface area is 111 Å². The first-order valence-corrected chi connectivity index (χ1v) is 6.49. The van der Waals surface area contributed by atoms with Crippen molar-refractivity contribution in [2.24, 2.45) is 4.99 Å². The second kappa shape index (κ2) is 6.40. The predicted octanol–water partition coefficient (Wildman–Crippen LogP) is 2.55. The van der Waals surface area contributed by atoms with Gasteiger partial charge in [-0.05, 0) is 25.0 Å². The van der Waals surface area contributed by atoms with E-state index < -0.39 is 0 Å². The molecule has 1 aliphatic rings. The highest BCUT2D eigenvalue weighted by molar-refractivity contribution is 6.33. The lowest BCUT2D eigenvalue weighted by Gasteiger charge is -2.10. The molecule has 1 aromatic carbocycles. The van der Waals surface area contributed by atoms with Crippen LogP contribution in [-0.4, -0.2) is 18.3 Å². The van der Waals surface area contributed by atoms with Gasteiger partial charge in [-0.3, -0.25) is 20.6 Å². The number of carbonyl (C=O) groups excluding carboxylic acids is 1.